The van der Waals surface area contributed by atoms with E-state index in [9.17, 15) is 0 Å². The van der Waals surface area contributed by atoms with E-state index in [-0.39, 0.29) is 0 Å². The van der Waals surface area contributed by atoms with Crippen molar-refractivity contribution in [3.63, 3.8) is 0 Å². The molecule has 0 N–H and O–H groups in total. The van der Waals surface area contributed by atoms with Crippen molar-refractivity contribution < 1.29 is 4.74 Å². The molecule has 2 rings (SSSR count). The van der Waals surface area contributed by atoms with Gasteiger partial charge in [0.2, 0.25) is 0 Å². The first-order valence-electron chi connectivity index (χ1n) is 5.84. The van der Waals surface area contributed by atoms with Crippen molar-refractivity contribution in [2.75, 3.05) is 0 Å². The number of nitriles is 1. The van der Waals surface area contributed by atoms with E-state index in [4.69, 9.17) is 10.00 Å². The van der Waals surface area contributed by atoms with E-state index in [1.54, 1.807) is 30.4 Å². The summed E-state index contributed by atoms with van der Waals surface area (Å²) in [5.41, 5.74) is 2.54. The SMILES string of the molecule is C=Cc1ccc(Oc2cccc(C#N)c2)cc1C=C. The van der Waals surface area contributed by atoms with Crippen molar-refractivity contribution in [1.29, 1.82) is 5.26 Å². The quantitative estimate of drug-likeness (QED) is 0.788. The fraction of sp³-hybridized carbons (Fsp3) is 0. The topological polar surface area (TPSA) is 33.0 Å². The lowest BCUT2D eigenvalue weighted by Crippen LogP contribution is -1.87. The first-order valence-corrected chi connectivity index (χ1v) is 5.84. The monoisotopic (exact) mass is 247 g/mol. The van der Waals surface area contributed by atoms with Gasteiger partial charge in [-0.25, -0.2) is 0 Å². The average Bonchev–Trinajstić information content (AvgIpc) is 2.47. The molecule has 2 aromatic rings. The molecule has 0 heterocycles. The van der Waals surface area contributed by atoms with Crippen LogP contribution in [0.5, 0.6) is 11.5 Å². The van der Waals surface area contributed by atoms with E-state index in [1.807, 2.05) is 24.3 Å². The summed E-state index contributed by atoms with van der Waals surface area (Å²) in [4.78, 5) is 0. The zero-order valence-electron chi connectivity index (χ0n) is 10.5. The second-order valence-electron chi connectivity index (χ2n) is 3.94. The number of hydrogen-bond acceptors (Lipinski definition) is 2. The van der Waals surface area contributed by atoms with Gasteiger partial charge in [-0.3, -0.25) is 0 Å². The summed E-state index contributed by atoms with van der Waals surface area (Å²) in [5.74, 6) is 1.34. The molecule has 0 fully saturated rings. The summed E-state index contributed by atoms with van der Waals surface area (Å²) >= 11 is 0. The fourth-order valence-corrected chi connectivity index (χ4v) is 1.74. The van der Waals surface area contributed by atoms with Crippen LogP contribution < -0.4 is 4.74 Å². The van der Waals surface area contributed by atoms with E-state index >= 15 is 0 Å². The lowest BCUT2D eigenvalue weighted by molar-refractivity contribution is 0.482. The number of nitrogens with zero attached hydrogens (tertiary/aromatic N) is 1. The first-order chi connectivity index (χ1) is 9.26. The van der Waals surface area contributed by atoms with Gasteiger partial charge >= 0.3 is 0 Å². The lowest BCUT2D eigenvalue weighted by Gasteiger charge is -2.08. The maximum atomic E-state index is 8.85. The molecule has 0 aromatic heterocycles. The van der Waals surface area contributed by atoms with Gasteiger partial charge in [0, 0.05) is 0 Å². The van der Waals surface area contributed by atoms with E-state index in [1.165, 1.54) is 0 Å². The third kappa shape index (κ3) is 2.91. The Morgan fingerprint density at radius 1 is 0.947 bits per heavy atom. The Morgan fingerprint density at radius 2 is 1.68 bits per heavy atom. The highest BCUT2D eigenvalue weighted by molar-refractivity contribution is 5.65. The van der Waals surface area contributed by atoms with Crippen LogP contribution in [0.4, 0.5) is 0 Å². The molecule has 0 aliphatic carbocycles. The van der Waals surface area contributed by atoms with Gasteiger partial charge in [0.25, 0.3) is 0 Å². The molecule has 19 heavy (non-hydrogen) atoms. The van der Waals surface area contributed by atoms with Crippen molar-refractivity contribution in [2.45, 2.75) is 0 Å². The van der Waals surface area contributed by atoms with Crippen LogP contribution in [0.15, 0.2) is 55.6 Å². The zero-order valence-corrected chi connectivity index (χ0v) is 10.5. The van der Waals surface area contributed by atoms with E-state index in [0.717, 1.165) is 11.1 Å². The summed E-state index contributed by atoms with van der Waals surface area (Å²) in [6.45, 7) is 7.52. The molecule has 0 aliphatic heterocycles. The summed E-state index contributed by atoms with van der Waals surface area (Å²) in [6, 6.07) is 14.8. The molecule has 0 bridgehead atoms. The molecule has 0 radical (unpaired) electrons. The highest BCUT2D eigenvalue weighted by Gasteiger charge is 2.02. The molecule has 0 saturated heterocycles. The van der Waals surface area contributed by atoms with Crippen LogP contribution in [0, 0.1) is 11.3 Å². The number of rotatable bonds is 4. The van der Waals surface area contributed by atoms with Crippen LogP contribution in [0.25, 0.3) is 12.2 Å². The van der Waals surface area contributed by atoms with Gasteiger partial charge in [0.1, 0.15) is 11.5 Å². The maximum absolute atomic E-state index is 8.85. The van der Waals surface area contributed by atoms with Crippen LogP contribution in [0.2, 0.25) is 0 Å². The average molecular weight is 247 g/mol. The number of hydrogen-bond donors (Lipinski definition) is 0. The summed E-state index contributed by atoms with van der Waals surface area (Å²) in [5, 5.41) is 8.85. The molecule has 0 spiro atoms. The second-order valence-corrected chi connectivity index (χ2v) is 3.94. The van der Waals surface area contributed by atoms with Crippen LogP contribution in [0.3, 0.4) is 0 Å². The second kappa shape index (κ2) is 5.70. The molecule has 92 valence electrons. The molecular formula is C17H13NO. The Labute approximate surface area is 112 Å². The first kappa shape index (κ1) is 12.7. The minimum atomic E-state index is 0.573. The molecule has 0 unspecified atom stereocenters. The third-order valence-electron chi connectivity index (χ3n) is 2.70. The zero-order chi connectivity index (χ0) is 13.7. The largest absolute Gasteiger partial charge is 0.457 e. The van der Waals surface area contributed by atoms with E-state index < -0.39 is 0 Å². The van der Waals surface area contributed by atoms with Crippen molar-refractivity contribution in [3.05, 3.63) is 72.3 Å². The maximum Gasteiger partial charge on any atom is 0.128 e. The molecule has 0 amide bonds. The lowest BCUT2D eigenvalue weighted by atomic mass is 10.1. The number of ether oxygens (including phenoxy) is 1. The van der Waals surface area contributed by atoms with Crippen LogP contribution >= 0.6 is 0 Å². The van der Waals surface area contributed by atoms with Gasteiger partial charge < -0.3 is 4.74 Å². The van der Waals surface area contributed by atoms with Crippen molar-refractivity contribution in [3.8, 4) is 17.6 Å². The number of benzene rings is 2. The molecule has 2 aromatic carbocycles. The van der Waals surface area contributed by atoms with Gasteiger partial charge in [-0.05, 0) is 41.5 Å². The fourth-order valence-electron chi connectivity index (χ4n) is 1.74. The van der Waals surface area contributed by atoms with Gasteiger partial charge in [-0.2, -0.15) is 5.26 Å². The minimum Gasteiger partial charge on any atom is -0.457 e. The highest BCUT2D eigenvalue weighted by Crippen LogP contribution is 2.25. The van der Waals surface area contributed by atoms with Crippen LogP contribution in [0.1, 0.15) is 16.7 Å². The Balaban J connectivity index is 2.30. The molecule has 2 nitrogen and oxygen atoms in total. The summed E-state index contributed by atoms with van der Waals surface area (Å²) in [6.07, 6.45) is 3.53. The van der Waals surface area contributed by atoms with Crippen molar-refractivity contribution >= 4 is 12.2 Å². The highest BCUT2D eigenvalue weighted by atomic mass is 16.5. The van der Waals surface area contributed by atoms with Gasteiger partial charge in [-0.15, -0.1) is 0 Å². The molecule has 2 heteroatoms. The smallest absolute Gasteiger partial charge is 0.128 e. The Kier molecular flexibility index (Phi) is 3.80. The van der Waals surface area contributed by atoms with Gasteiger partial charge in [0.15, 0.2) is 0 Å². The van der Waals surface area contributed by atoms with Crippen LogP contribution in [-0.4, -0.2) is 0 Å². The summed E-state index contributed by atoms with van der Waals surface area (Å²) in [7, 11) is 0. The normalized spacial score (nSPS) is 9.42. The van der Waals surface area contributed by atoms with Crippen LogP contribution in [-0.2, 0) is 0 Å². The Bertz CT molecular complexity index is 665. The summed E-state index contributed by atoms with van der Waals surface area (Å²) < 4.78 is 5.73. The predicted molar refractivity (Wildman–Crippen MR) is 77.9 cm³/mol. The van der Waals surface area contributed by atoms with Crippen molar-refractivity contribution in [2.24, 2.45) is 0 Å². The molecule has 0 atom stereocenters. The standard InChI is InChI=1S/C17H13NO/c1-3-14-8-9-17(11-15(14)4-2)19-16-7-5-6-13(10-16)12-18/h3-11H,1-2H2. The van der Waals surface area contributed by atoms with E-state index in [2.05, 4.69) is 19.2 Å². The van der Waals surface area contributed by atoms with Gasteiger partial charge in [0.05, 0.1) is 11.6 Å². The minimum absolute atomic E-state index is 0.573. The molecule has 0 aliphatic rings. The molecular weight excluding hydrogens is 234 g/mol. The van der Waals surface area contributed by atoms with Gasteiger partial charge in [-0.1, -0.05) is 37.4 Å². The Morgan fingerprint density at radius 3 is 2.37 bits per heavy atom. The predicted octanol–water partition coefficient (Wildman–Crippen LogP) is 4.64. The van der Waals surface area contributed by atoms with E-state index in [0.29, 0.717) is 17.1 Å². The third-order valence-corrected chi connectivity index (χ3v) is 2.70. The Hall–Kier alpha value is -2.79. The molecule has 0 saturated carbocycles. The van der Waals surface area contributed by atoms with Crippen molar-refractivity contribution in [1.82, 2.24) is 0 Å².